The van der Waals surface area contributed by atoms with Crippen molar-refractivity contribution in [3.63, 3.8) is 0 Å². The van der Waals surface area contributed by atoms with Crippen LogP contribution in [0.15, 0.2) is 46.3 Å². The van der Waals surface area contributed by atoms with Crippen LogP contribution in [0.4, 0.5) is 0 Å². The lowest BCUT2D eigenvalue weighted by Crippen LogP contribution is -2.03. The maximum absolute atomic E-state index is 11.6. The molecule has 114 valence electrons. The van der Waals surface area contributed by atoms with Crippen LogP contribution in [0, 0.1) is 0 Å². The van der Waals surface area contributed by atoms with Crippen molar-refractivity contribution in [1.29, 1.82) is 0 Å². The number of esters is 2. The summed E-state index contributed by atoms with van der Waals surface area (Å²) in [7, 11) is 1.33. The van der Waals surface area contributed by atoms with Crippen molar-refractivity contribution < 1.29 is 19.1 Å². The zero-order chi connectivity index (χ0) is 15.9. The van der Waals surface area contributed by atoms with Gasteiger partial charge in [0.1, 0.15) is 6.61 Å². The fraction of sp³-hybridized carbons (Fsp3) is 0.125. The van der Waals surface area contributed by atoms with Crippen molar-refractivity contribution in [3.8, 4) is 0 Å². The molecule has 0 saturated heterocycles. The van der Waals surface area contributed by atoms with Gasteiger partial charge < -0.3 is 9.47 Å². The standard InChI is InChI=1S/C16H13BrO4S/c1-20-16(19)12-4-2-11(3-5-12)10-21-15(18)9-7-13-6-8-14(17)22-13/h2-9H,10H2,1H3/b9-7+. The van der Waals surface area contributed by atoms with E-state index in [9.17, 15) is 9.59 Å². The lowest BCUT2D eigenvalue weighted by atomic mass is 10.1. The minimum Gasteiger partial charge on any atom is -0.465 e. The molecule has 2 rings (SSSR count). The molecule has 4 nitrogen and oxygen atoms in total. The monoisotopic (exact) mass is 380 g/mol. The fourth-order valence-corrected chi connectivity index (χ4v) is 2.95. The van der Waals surface area contributed by atoms with E-state index in [4.69, 9.17) is 4.74 Å². The summed E-state index contributed by atoms with van der Waals surface area (Å²) < 4.78 is 10.8. The highest BCUT2D eigenvalue weighted by Crippen LogP contribution is 2.23. The van der Waals surface area contributed by atoms with Gasteiger partial charge in [0.15, 0.2) is 0 Å². The highest BCUT2D eigenvalue weighted by atomic mass is 79.9. The molecule has 0 saturated carbocycles. The minimum absolute atomic E-state index is 0.152. The molecule has 0 unspecified atom stereocenters. The minimum atomic E-state index is -0.415. The van der Waals surface area contributed by atoms with Crippen molar-refractivity contribution in [2.75, 3.05) is 7.11 Å². The third kappa shape index (κ3) is 4.82. The molecule has 1 aromatic heterocycles. The Kier molecular flexibility index (Phi) is 5.91. The van der Waals surface area contributed by atoms with E-state index in [1.165, 1.54) is 24.5 Å². The fourth-order valence-electron chi connectivity index (χ4n) is 1.63. The molecule has 0 amide bonds. The van der Waals surface area contributed by atoms with E-state index in [-0.39, 0.29) is 6.61 Å². The van der Waals surface area contributed by atoms with E-state index in [0.29, 0.717) is 5.56 Å². The Hall–Kier alpha value is -1.92. The van der Waals surface area contributed by atoms with E-state index < -0.39 is 11.9 Å². The van der Waals surface area contributed by atoms with Gasteiger partial charge in [-0.05, 0) is 51.8 Å². The summed E-state index contributed by atoms with van der Waals surface area (Å²) in [5.74, 6) is -0.810. The number of ether oxygens (including phenoxy) is 2. The first-order valence-electron chi connectivity index (χ1n) is 6.36. The molecular formula is C16H13BrO4S. The predicted molar refractivity (Wildman–Crippen MR) is 88.6 cm³/mol. The van der Waals surface area contributed by atoms with Gasteiger partial charge >= 0.3 is 11.9 Å². The summed E-state index contributed by atoms with van der Waals surface area (Å²) in [6, 6.07) is 10.5. The summed E-state index contributed by atoms with van der Waals surface area (Å²) in [4.78, 5) is 23.9. The Balaban J connectivity index is 1.85. The molecule has 0 aliphatic heterocycles. The summed E-state index contributed by atoms with van der Waals surface area (Å²) in [6.45, 7) is 0.152. The Morgan fingerprint density at radius 1 is 1.18 bits per heavy atom. The lowest BCUT2D eigenvalue weighted by molar-refractivity contribution is -0.138. The van der Waals surface area contributed by atoms with E-state index in [2.05, 4.69) is 20.7 Å². The Morgan fingerprint density at radius 3 is 2.50 bits per heavy atom. The molecule has 0 fully saturated rings. The quantitative estimate of drug-likeness (QED) is 0.579. The van der Waals surface area contributed by atoms with Gasteiger partial charge in [-0.1, -0.05) is 12.1 Å². The smallest absolute Gasteiger partial charge is 0.337 e. The normalized spacial score (nSPS) is 10.6. The first-order valence-corrected chi connectivity index (χ1v) is 7.97. The molecule has 0 aliphatic rings. The van der Waals surface area contributed by atoms with Crippen LogP contribution in [0.2, 0.25) is 0 Å². The van der Waals surface area contributed by atoms with Crippen molar-refractivity contribution in [3.05, 3.63) is 62.3 Å². The van der Waals surface area contributed by atoms with Crippen LogP contribution in [0.25, 0.3) is 6.08 Å². The molecule has 0 aliphatic carbocycles. The number of methoxy groups -OCH3 is 1. The maximum Gasteiger partial charge on any atom is 0.337 e. The van der Waals surface area contributed by atoms with Gasteiger partial charge in [0.05, 0.1) is 16.5 Å². The number of hydrogen-bond donors (Lipinski definition) is 0. The average molecular weight is 381 g/mol. The topological polar surface area (TPSA) is 52.6 Å². The van der Waals surface area contributed by atoms with E-state index in [1.807, 2.05) is 12.1 Å². The van der Waals surface area contributed by atoms with Gasteiger partial charge in [-0.25, -0.2) is 9.59 Å². The number of rotatable bonds is 5. The lowest BCUT2D eigenvalue weighted by Gasteiger charge is -2.03. The van der Waals surface area contributed by atoms with Crippen molar-refractivity contribution in [2.45, 2.75) is 6.61 Å². The SMILES string of the molecule is COC(=O)c1ccc(COC(=O)/C=C/c2ccc(Br)s2)cc1. The molecule has 0 spiro atoms. The van der Waals surface area contributed by atoms with Crippen LogP contribution >= 0.6 is 27.3 Å². The molecule has 22 heavy (non-hydrogen) atoms. The van der Waals surface area contributed by atoms with Crippen molar-refractivity contribution >= 4 is 45.3 Å². The van der Waals surface area contributed by atoms with Crippen LogP contribution in [-0.2, 0) is 20.9 Å². The second kappa shape index (κ2) is 7.91. The maximum atomic E-state index is 11.6. The molecule has 6 heteroatoms. The summed E-state index contributed by atoms with van der Waals surface area (Å²) in [5, 5.41) is 0. The summed E-state index contributed by atoms with van der Waals surface area (Å²) in [5.41, 5.74) is 1.26. The van der Waals surface area contributed by atoms with E-state index >= 15 is 0 Å². The zero-order valence-corrected chi connectivity index (χ0v) is 14.1. The van der Waals surface area contributed by atoms with Crippen LogP contribution in [0.1, 0.15) is 20.8 Å². The third-order valence-electron chi connectivity index (χ3n) is 2.73. The van der Waals surface area contributed by atoms with Crippen LogP contribution in [-0.4, -0.2) is 19.0 Å². The number of thiophene rings is 1. The summed E-state index contributed by atoms with van der Waals surface area (Å²) >= 11 is 4.89. The molecule has 0 atom stereocenters. The molecule has 0 bridgehead atoms. The summed E-state index contributed by atoms with van der Waals surface area (Å²) in [6.07, 6.45) is 3.10. The third-order valence-corrected chi connectivity index (χ3v) is 4.32. The Morgan fingerprint density at radius 2 is 1.91 bits per heavy atom. The Bertz CT molecular complexity index is 688. The van der Waals surface area contributed by atoms with Gasteiger partial charge in [-0.2, -0.15) is 0 Å². The van der Waals surface area contributed by atoms with E-state index in [0.717, 1.165) is 14.2 Å². The second-order valence-electron chi connectivity index (χ2n) is 4.27. The number of carbonyl (C=O) groups is 2. The molecule has 0 N–H and O–H groups in total. The second-order valence-corrected chi connectivity index (χ2v) is 6.77. The molecular weight excluding hydrogens is 368 g/mol. The number of halogens is 1. The van der Waals surface area contributed by atoms with Crippen LogP contribution in [0.3, 0.4) is 0 Å². The van der Waals surface area contributed by atoms with Crippen molar-refractivity contribution in [2.24, 2.45) is 0 Å². The van der Waals surface area contributed by atoms with Crippen LogP contribution in [0.5, 0.6) is 0 Å². The van der Waals surface area contributed by atoms with Gasteiger partial charge in [-0.3, -0.25) is 0 Å². The average Bonchev–Trinajstić information content (AvgIpc) is 2.96. The molecule has 2 aromatic rings. The van der Waals surface area contributed by atoms with Gasteiger partial charge in [0.25, 0.3) is 0 Å². The first-order chi connectivity index (χ1) is 10.6. The molecule has 0 radical (unpaired) electrons. The molecule has 1 heterocycles. The first kappa shape index (κ1) is 16.5. The highest BCUT2D eigenvalue weighted by Gasteiger charge is 2.05. The van der Waals surface area contributed by atoms with E-state index in [1.54, 1.807) is 30.3 Å². The molecule has 1 aromatic carbocycles. The largest absolute Gasteiger partial charge is 0.465 e. The number of benzene rings is 1. The van der Waals surface area contributed by atoms with Gasteiger partial charge in [0, 0.05) is 11.0 Å². The number of hydrogen-bond acceptors (Lipinski definition) is 5. The van der Waals surface area contributed by atoms with Gasteiger partial charge in [-0.15, -0.1) is 11.3 Å². The van der Waals surface area contributed by atoms with Gasteiger partial charge in [0.2, 0.25) is 0 Å². The highest BCUT2D eigenvalue weighted by molar-refractivity contribution is 9.11. The predicted octanol–water partition coefficient (Wildman–Crippen LogP) is 4.05. The van der Waals surface area contributed by atoms with Crippen molar-refractivity contribution in [1.82, 2.24) is 0 Å². The number of carbonyl (C=O) groups excluding carboxylic acids is 2. The Labute approximate surface area is 140 Å². The zero-order valence-electron chi connectivity index (χ0n) is 11.7. The van der Waals surface area contributed by atoms with Crippen LogP contribution < -0.4 is 0 Å².